The highest BCUT2D eigenvalue weighted by Crippen LogP contribution is 2.29. The number of methoxy groups -OCH3 is 1. The van der Waals surface area contributed by atoms with Crippen LogP contribution in [0.4, 0.5) is 0 Å². The Bertz CT molecular complexity index is 1260. The maximum Gasteiger partial charge on any atom is 0.343 e. The maximum absolute atomic E-state index is 12.5. The van der Waals surface area contributed by atoms with Crippen LogP contribution in [0.3, 0.4) is 0 Å². The van der Waals surface area contributed by atoms with Gasteiger partial charge in [0.25, 0.3) is 0 Å². The molecule has 4 aromatic carbocycles. The predicted molar refractivity (Wildman–Crippen MR) is 131 cm³/mol. The highest BCUT2D eigenvalue weighted by atomic mass is 32.2. The Hall–Kier alpha value is -4.03. The third kappa shape index (κ3) is 6.05. The van der Waals surface area contributed by atoms with Crippen LogP contribution in [-0.2, 0) is 0 Å². The molecule has 4 rings (SSSR count). The molecule has 4 aromatic rings. The highest BCUT2D eigenvalue weighted by molar-refractivity contribution is 7.99. The Labute approximate surface area is 202 Å². The molecule has 0 bridgehead atoms. The lowest BCUT2D eigenvalue weighted by Crippen LogP contribution is -2.08. The summed E-state index contributed by atoms with van der Waals surface area (Å²) in [6.07, 6.45) is 0. The molecule has 0 N–H and O–H groups in total. The molecule has 0 fully saturated rings. The average molecular weight is 471 g/mol. The quantitative estimate of drug-likeness (QED) is 0.156. The van der Waals surface area contributed by atoms with E-state index in [2.05, 4.69) is 0 Å². The third-order valence-electron chi connectivity index (χ3n) is 4.92. The van der Waals surface area contributed by atoms with Crippen LogP contribution in [0.25, 0.3) is 0 Å². The standard InChI is InChI=1S/C28H22O5S/c1-19(29)20-3-15-26(16-4-20)34-27-17-5-21(6-18-27)28(30)33-25-13-11-24(12-14-25)32-23-9-7-22(31-2)8-10-23/h3-18H,1-2H3. The van der Waals surface area contributed by atoms with E-state index in [1.807, 2.05) is 60.7 Å². The molecule has 0 spiro atoms. The number of esters is 1. The minimum absolute atomic E-state index is 0.0406. The molecule has 5 nitrogen and oxygen atoms in total. The van der Waals surface area contributed by atoms with Gasteiger partial charge in [-0.1, -0.05) is 23.9 Å². The van der Waals surface area contributed by atoms with Gasteiger partial charge in [-0.05, 0) is 91.9 Å². The van der Waals surface area contributed by atoms with Gasteiger partial charge in [-0.2, -0.15) is 0 Å². The lowest BCUT2D eigenvalue weighted by Gasteiger charge is -2.08. The van der Waals surface area contributed by atoms with Gasteiger partial charge in [-0.3, -0.25) is 4.79 Å². The summed E-state index contributed by atoms with van der Waals surface area (Å²) in [4.78, 5) is 25.9. The molecular formula is C28H22O5S. The Balaban J connectivity index is 1.33. The normalized spacial score (nSPS) is 10.4. The minimum atomic E-state index is -0.439. The summed E-state index contributed by atoms with van der Waals surface area (Å²) in [5, 5.41) is 0. The number of benzene rings is 4. The fraction of sp³-hybridized carbons (Fsp3) is 0.0714. The summed E-state index contributed by atoms with van der Waals surface area (Å²) in [6.45, 7) is 1.55. The van der Waals surface area contributed by atoms with Crippen molar-refractivity contribution >= 4 is 23.5 Å². The van der Waals surface area contributed by atoms with Gasteiger partial charge in [-0.15, -0.1) is 0 Å². The van der Waals surface area contributed by atoms with Crippen LogP contribution < -0.4 is 14.2 Å². The summed E-state index contributed by atoms with van der Waals surface area (Å²) in [7, 11) is 1.61. The second kappa shape index (κ2) is 10.7. The van der Waals surface area contributed by atoms with Crippen LogP contribution in [0.5, 0.6) is 23.0 Å². The molecule has 0 aliphatic carbocycles. The van der Waals surface area contributed by atoms with Crippen molar-refractivity contribution in [1.29, 1.82) is 0 Å². The zero-order chi connectivity index (χ0) is 23.9. The van der Waals surface area contributed by atoms with Crippen LogP contribution in [-0.4, -0.2) is 18.9 Å². The summed E-state index contributed by atoms with van der Waals surface area (Å²) >= 11 is 1.55. The van der Waals surface area contributed by atoms with Gasteiger partial charge in [0, 0.05) is 15.4 Å². The number of carbonyl (C=O) groups excluding carboxylic acids is 2. The number of hydrogen-bond donors (Lipinski definition) is 0. The van der Waals surface area contributed by atoms with Gasteiger partial charge in [0.05, 0.1) is 12.7 Å². The zero-order valence-electron chi connectivity index (χ0n) is 18.7. The average Bonchev–Trinajstić information content (AvgIpc) is 2.86. The largest absolute Gasteiger partial charge is 0.497 e. The van der Waals surface area contributed by atoms with E-state index >= 15 is 0 Å². The first-order valence-electron chi connectivity index (χ1n) is 10.5. The van der Waals surface area contributed by atoms with E-state index in [1.54, 1.807) is 62.2 Å². The van der Waals surface area contributed by atoms with E-state index in [4.69, 9.17) is 14.2 Å². The molecule has 0 heterocycles. The number of carbonyl (C=O) groups is 2. The molecule has 0 amide bonds. The lowest BCUT2D eigenvalue weighted by molar-refractivity contribution is 0.0734. The number of Topliss-reactive ketones (excluding diaryl/α,β-unsaturated/α-hetero) is 1. The molecule has 0 aliphatic heterocycles. The van der Waals surface area contributed by atoms with Crippen LogP contribution >= 0.6 is 11.8 Å². The number of hydrogen-bond acceptors (Lipinski definition) is 6. The van der Waals surface area contributed by atoms with Gasteiger partial charge in [0.1, 0.15) is 23.0 Å². The first-order chi connectivity index (χ1) is 16.5. The van der Waals surface area contributed by atoms with Gasteiger partial charge >= 0.3 is 5.97 Å². The van der Waals surface area contributed by atoms with Crippen LogP contribution in [0.1, 0.15) is 27.6 Å². The van der Waals surface area contributed by atoms with Crippen molar-refractivity contribution in [3.63, 3.8) is 0 Å². The summed E-state index contributed by atoms with van der Waals surface area (Å²) in [6, 6.07) is 28.8. The Morgan fingerprint density at radius 2 is 1.03 bits per heavy atom. The zero-order valence-corrected chi connectivity index (χ0v) is 19.5. The molecule has 0 unspecified atom stereocenters. The summed E-state index contributed by atoms with van der Waals surface area (Å²) in [5.41, 5.74) is 1.14. The van der Waals surface area contributed by atoms with Crippen molar-refractivity contribution in [1.82, 2.24) is 0 Å². The van der Waals surface area contributed by atoms with E-state index < -0.39 is 5.97 Å². The number of ether oxygens (including phenoxy) is 3. The predicted octanol–water partition coefficient (Wildman–Crippen LogP) is 7.06. The smallest absolute Gasteiger partial charge is 0.343 e. The van der Waals surface area contributed by atoms with Crippen molar-refractivity contribution in [2.45, 2.75) is 16.7 Å². The molecule has 6 heteroatoms. The van der Waals surface area contributed by atoms with Gasteiger partial charge in [-0.25, -0.2) is 4.79 Å². The SMILES string of the molecule is COc1ccc(Oc2ccc(OC(=O)c3ccc(Sc4ccc(C(C)=O)cc4)cc3)cc2)cc1. The van der Waals surface area contributed by atoms with Gasteiger partial charge in [0.15, 0.2) is 5.78 Å². The molecule has 0 saturated heterocycles. The Morgan fingerprint density at radius 3 is 1.50 bits per heavy atom. The lowest BCUT2D eigenvalue weighted by atomic mass is 10.2. The number of ketones is 1. The van der Waals surface area contributed by atoms with Crippen molar-refractivity contribution < 1.29 is 23.8 Å². The second-order valence-corrected chi connectivity index (χ2v) is 8.49. The Morgan fingerprint density at radius 1 is 0.588 bits per heavy atom. The fourth-order valence-electron chi connectivity index (χ4n) is 3.07. The molecule has 170 valence electrons. The summed E-state index contributed by atoms with van der Waals surface area (Å²) < 4.78 is 16.4. The first-order valence-corrected chi connectivity index (χ1v) is 11.3. The molecular weight excluding hydrogens is 448 g/mol. The topological polar surface area (TPSA) is 61.8 Å². The fourth-order valence-corrected chi connectivity index (χ4v) is 3.89. The third-order valence-corrected chi connectivity index (χ3v) is 5.93. The van der Waals surface area contributed by atoms with E-state index in [0.29, 0.717) is 28.4 Å². The van der Waals surface area contributed by atoms with Crippen molar-refractivity contribution in [3.05, 3.63) is 108 Å². The number of rotatable bonds is 8. The van der Waals surface area contributed by atoms with Gasteiger partial charge < -0.3 is 14.2 Å². The van der Waals surface area contributed by atoms with Crippen molar-refractivity contribution in [3.8, 4) is 23.0 Å². The van der Waals surface area contributed by atoms with Crippen LogP contribution in [0.15, 0.2) is 107 Å². The monoisotopic (exact) mass is 470 g/mol. The maximum atomic E-state index is 12.5. The molecule has 0 aromatic heterocycles. The Kier molecular flexibility index (Phi) is 7.30. The molecule has 34 heavy (non-hydrogen) atoms. The van der Waals surface area contributed by atoms with Crippen molar-refractivity contribution in [2.24, 2.45) is 0 Å². The minimum Gasteiger partial charge on any atom is -0.497 e. The highest BCUT2D eigenvalue weighted by Gasteiger charge is 2.10. The van der Waals surface area contributed by atoms with Crippen molar-refractivity contribution in [2.75, 3.05) is 7.11 Å². The molecule has 0 saturated carbocycles. The summed E-state index contributed by atoms with van der Waals surface area (Å²) in [5.74, 6) is 2.09. The van der Waals surface area contributed by atoms with E-state index in [1.165, 1.54) is 0 Å². The van der Waals surface area contributed by atoms with Gasteiger partial charge in [0.2, 0.25) is 0 Å². The van der Waals surface area contributed by atoms with Crippen LogP contribution in [0, 0.1) is 0 Å². The molecule has 0 radical (unpaired) electrons. The van der Waals surface area contributed by atoms with E-state index in [-0.39, 0.29) is 5.78 Å². The van der Waals surface area contributed by atoms with E-state index in [0.717, 1.165) is 15.5 Å². The second-order valence-electron chi connectivity index (χ2n) is 7.35. The van der Waals surface area contributed by atoms with Crippen LogP contribution in [0.2, 0.25) is 0 Å². The molecule has 0 atom stereocenters. The molecule has 0 aliphatic rings. The first kappa shape index (κ1) is 23.1. The van der Waals surface area contributed by atoms with E-state index in [9.17, 15) is 9.59 Å².